The van der Waals surface area contributed by atoms with Crippen molar-refractivity contribution in [1.29, 1.82) is 0 Å². The van der Waals surface area contributed by atoms with Gasteiger partial charge in [-0.2, -0.15) is 0 Å². The van der Waals surface area contributed by atoms with Crippen LogP contribution < -0.4 is 0 Å². The molecule has 3 heteroatoms. The van der Waals surface area contributed by atoms with Crippen LogP contribution in [0.3, 0.4) is 0 Å². The lowest BCUT2D eigenvalue weighted by molar-refractivity contribution is -0.132. The topological polar surface area (TPSA) is 26.3 Å². The second-order valence-corrected chi connectivity index (χ2v) is 2.26. The maximum absolute atomic E-state index is 10.6. The molecule has 0 bridgehead atoms. The van der Waals surface area contributed by atoms with Gasteiger partial charge in [0.1, 0.15) is 0 Å². The van der Waals surface area contributed by atoms with Gasteiger partial charge in [-0.3, -0.25) is 0 Å². The maximum Gasteiger partial charge on any atom is 0.335 e. The van der Waals surface area contributed by atoms with Gasteiger partial charge in [0.05, 0.1) is 6.26 Å². The largest absolute Gasteiger partial charge is 0.432 e. The van der Waals surface area contributed by atoms with Crippen molar-refractivity contribution in [2.24, 2.45) is 0 Å². The third-order valence-electron chi connectivity index (χ3n) is 0.793. The van der Waals surface area contributed by atoms with E-state index in [1.54, 1.807) is 6.08 Å². The number of esters is 1. The first-order chi connectivity index (χ1) is 5.16. The van der Waals surface area contributed by atoms with E-state index in [1.165, 1.54) is 6.08 Å². The second-order valence-electron chi connectivity index (χ2n) is 1.73. The van der Waals surface area contributed by atoms with Crippen molar-refractivity contribution in [3.63, 3.8) is 0 Å². The highest BCUT2D eigenvalue weighted by molar-refractivity contribution is 6.29. The Morgan fingerprint density at radius 3 is 2.73 bits per heavy atom. The van der Waals surface area contributed by atoms with Gasteiger partial charge >= 0.3 is 5.97 Å². The lowest BCUT2D eigenvalue weighted by atomic mass is 10.4. The van der Waals surface area contributed by atoms with E-state index in [0.29, 0.717) is 11.5 Å². The van der Waals surface area contributed by atoms with E-state index in [4.69, 9.17) is 11.6 Å². The quantitative estimate of drug-likeness (QED) is 0.370. The van der Waals surface area contributed by atoms with E-state index in [-0.39, 0.29) is 0 Å². The summed E-state index contributed by atoms with van der Waals surface area (Å²) in [7, 11) is 0. The molecule has 0 unspecified atom stereocenters. The summed E-state index contributed by atoms with van der Waals surface area (Å²) < 4.78 is 4.39. The summed E-state index contributed by atoms with van der Waals surface area (Å²) in [5.74, 6) is -0.460. The first kappa shape index (κ1) is 9.98. The van der Waals surface area contributed by atoms with Crippen molar-refractivity contribution >= 4 is 17.6 Å². The van der Waals surface area contributed by atoms with Crippen LogP contribution in [0, 0.1) is 0 Å². The highest BCUT2D eigenvalue weighted by Gasteiger charge is 1.90. The lowest BCUT2D eigenvalue weighted by Gasteiger charge is -1.89. The minimum atomic E-state index is -0.460. The van der Waals surface area contributed by atoms with E-state index in [2.05, 4.69) is 17.9 Å². The minimum absolute atomic E-state index is 0.460. The van der Waals surface area contributed by atoms with Gasteiger partial charge < -0.3 is 4.74 Å². The summed E-state index contributed by atoms with van der Waals surface area (Å²) in [6, 6.07) is 0. The van der Waals surface area contributed by atoms with Crippen molar-refractivity contribution < 1.29 is 9.53 Å². The molecule has 0 aromatic rings. The molecule has 0 aliphatic heterocycles. The van der Waals surface area contributed by atoms with Crippen LogP contribution in [-0.4, -0.2) is 5.97 Å². The number of ether oxygens (including phenoxy) is 1. The maximum atomic E-state index is 10.6. The predicted octanol–water partition coefficient (Wildman–Crippen LogP) is 2.37. The zero-order valence-electron chi connectivity index (χ0n) is 6.05. The first-order valence-corrected chi connectivity index (χ1v) is 3.36. The summed E-state index contributed by atoms with van der Waals surface area (Å²) in [5.41, 5.74) is 0. The molecule has 0 saturated heterocycles. The summed E-state index contributed by atoms with van der Waals surface area (Å²) in [5, 5.41) is 0.479. The van der Waals surface area contributed by atoms with Crippen LogP contribution in [0.2, 0.25) is 0 Å². The molecular formula is C8H9ClO2. The van der Waals surface area contributed by atoms with Gasteiger partial charge in [0.25, 0.3) is 0 Å². The Bertz CT molecular complexity index is 194. The third kappa shape index (κ3) is 6.87. The molecule has 0 aliphatic rings. The number of carbonyl (C=O) groups excluding carboxylic acids is 1. The molecule has 0 saturated carbocycles. The fourth-order valence-corrected chi connectivity index (χ4v) is 0.494. The Morgan fingerprint density at radius 2 is 2.27 bits per heavy atom. The molecule has 0 aromatic carbocycles. The van der Waals surface area contributed by atoms with Gasteiger partial charge in [0.15, 0.2) is 0 Å². The minimum Gasteiger partial charge on any atom is -0.432 e. The smallest absolute Gasteiger partial charge is 0.335 e. The highest BCUT2D eigenvalue weighted by Crippen LogP contribution is 2.03. The van der Waals surface area contributed by atoms with Crippen LogP contribution in [0.15, 0.2) is 36.6 Å². The zero-order chi connectivity index (χ0) is 8.69. The van der Waals surface area contributed by atoms with Gasteiger partial charge in [-0.25, -0.2) is 4.79 Å². The SMILES string of the molecule is C=COC(=O)C=CCC(=C)Cl. The van der Waals surface area contributed by atoms with Gasteiger partial charge in [-0.1, -0.05) is 30.8 Å². The number of carbonyl (C=O) groups is 1. The predicted molar refractivity (Wildman–Crippen MR) is 45.0 cm³/mol. The van der Waals surface area contributed by atoms with Crippen LogP contribution in [-0.2, 0) is 9.53 Å². The van der Waals surface area contributed by atoms with Crippen molar-refractivity contribution in [1.82, 2.24) is 0 Å². The molecule has 0 spiro atoms. The van der Waals surface area contributed by atoms with E-state index in [9.17, 15) is 4.79 Å². The van der Waals surface area contributed by atoms with Crippen molar-refractivity contribution in [3.05, 3.63) is 36.6 Å². The molecule has 0 aliphatic carbocycles. The first-order valence-electron chi connectivity index (χ1n) is 2.98. The fourth-order valence-electron chi connectivity index (χ4n) is 0.404. The molecule has 11 heavy (non-hydrogen) atoms. The normalized spacial score (nSPS) is 9.55. The molecule has 0 fully saturated rings. The fraction of sp³-hybridized carbons (Fsp3) is 0.125. The van der Waals surface area contributed by atoms with E-state index in [0.717, 1.165) is 6.26 Å². The second kappa shape index (κ2) is 5.74. The number of hydrogen-bond acceptors (Lipinski definition) is 2. The standard InChI is InChI=1S/C8H9ClO2/c1-3-11-8(10)6-4-5-7(2)9/h3-4,6H,1-2,5H2. The Labute approximate surface area is 70.8 Å². The molecule has 0 atom stereocenters. The van der Waals surface area contributed by atoms with Gasteiger partial charge in [0.2, 0.25) is 0 Å². The summed E-state index contributed by atoms with van der Waals surface area (Å²) in [6.45, 7) is 6.66. The molecule has 0 rings (SSSR count). The molecular weight excluding hydrogens is 164 g/mol. The average Bonchev–Trinajstić information content (AvgIpc) is 1.87. The van der Waals surface area contributed by atoms with Gasteiger partial charge in [0, 0.05) is 17.5 Å². The molecule has 0 amide bonds. The third-order valence-corrected chi connectivity index (χ3v) is 0.947. The van der Waals surface area contributed by atoms with E-state index in [1.807, 2.05) is 0 Å². The molecule has 0 heterocycles. The summed E-state index contributed by atoms with van der Waals surface area (Å²) in [4.78, 5) is 10.6. The van der Waals surface area contributed by atoms with Crippen LogP contribution in [0.5, 0.6) is 0 Å². The monoisotopic (exact) mass is 172 g/mol. The van der Waals surface area contributed by atoms with Gasteiger partial charge in [-0.15, -0.1) is 0 Å². The number of rotatable bonds is 4. The highest BCUT2D eigenvalue weighted by atomic mass is 35.5. The van der Waals surface area contributed by atoms with Crippen LogP contribution in [0.4, 0.5) is 0 Å². The Morgan fingerprint density at radius 1 is 1.64 bits per heavy atom. The van der Waals surface area contributed by atoms with Crippen LogP contribution in [0.25, 0.3) is 0 Å². The average molecular weight is 173 g/mol. The number of allylic oxidation sites excluding steroid dienone is 2. The zero-order valence-corrected chi connectivity index (χ0v) is 6.80. The molecule has 2 nitrogen and oxygen atoms in total. The van der Waals surface area contributed by atoms with E-state index >= 15 is 0 Å². The number of halogens is 1. The van der Waals surface area contributed by atoms with Crippen molar-refractivity contribution in [3.8, 4) is 0 Å². The van der Waals surface area contributed by atoms with Crippen molar-refractivity contribution in [2.45, 2.75) is 6.42 Å². The lowest BCUT2D eigenvalue weighted by Crippen LogP contribution is -1.92. The van der Waals surface area contributed by atoms with Crippen molar-refractivity contribution in [2.75, 3.05) is 0 Å². The molecule has 0 aromatic heterocycles. The molecule has 0 N–H and O–H groups in total. The van der Waals surface area contributed by atoms with Crippen LogP contribution in [0.1, 0.15) is 6.42 Å². The number of hydrogen-bond donors (Lipinski definition) is 0. The Balaban J connectivity index is 3.64. The molecule has 60 valence electrons. The van der Waals surface area contributed by atoms with E-state index < -0.39 is 5.97 Å². The summed E-state index contributed by atoms with van der Waals surface area (Å²) >= 11 is 5.42. The Kier molecular flexibility index (Phi) is 5.21. The van der Waals surface area contributed by atoms with Crippen LogP contribution >= 0.6 is 11.6 Å². The summed E-state index contributed by atoms with van der Waals surface area (Å²) in [6.07, 6.45) is 4.38. The van der Waals surface area contributed by atoms with Gasteiger partial charge in [-0.05, 0) is 0 Å². The molecule has 0 radical (unpaired) electrons. The Hall–Kier alpha value is -1.02.